The van der Waals surface area contributed by atoms with E-state index in [0.717, 1.165) is 5.56 Å². The molecule has 3 nitrogen and oxygen atoms in total. The monoisotopic (exact) mass is 288 g/mol. The van der Waals surface area contributed by atoms with Crippen LogP contribution in [0.3, 0.4) is 0 Å². The Morgan fingerprint density at radius 1 is 1.56 bits per heavy atom. The van der Waals surface area contributed by atoms with Crippen molar-refractivity contribution < 1.29 is 4.79 Å². The number of carbonyl (C=O) groups excluding carboxylic acids is 1. The van der Waals surface area contributed by atoms with Crippen LogP contribution in [0.4, 0.5) is 0 Å². The largest absolute Gasteiger partial charge is 0.350 e. The molecule has 2 rings (SSSR count). The average Bonchev–Trinajstić information content (AvgIpc) is 3.13. The molecule has 1 saturated carbocycles. The van der Waals surface area contributed by atoms with Gasteiger partial charge in [-0.3, -0.25) is 4.79 Å². The molecule has 1 aliphatic rings. The molecule has 0 aromatic heterocycles. The summed E-state index contributed by atoms with van der Waals surface area (Å²) in [7, 11) is 0. The Hall–Kier alpha value is -0.770. The molecule has 0 heterocycles. The SMILES string of the molecule is Cc1cc(C(=O)NCC(N)C2CC2)ccc1Cl.Cl. The molecule has 100 valence electrons. The Morgan fingerprint density at radius 3 is 2.78 bits per heavy atom. The first-order chi connectivity index (χ1) is 8.08. The van der Waals surface area contributed by atoms with Crippen LogP contribution in [0, 0.1) is 12.8 Å². The summed E-state index contributed by atoms with van der Waals surface area (Å²) in [6, 6.07) is 5.35. The molecule has 1 unspecified atom stereocenters. The average molecular weight is 289 g/mol. The van der Waals surface area contributed by atoms with Gasteiger partial charge in [0.1, 0.15) is 0 Å². The highest BCUT2D eigenvalue weighted by atomic mass is 35.5. The zero-order chi connectivity index (χ0) is 12.4. The van der Waals surface area contributed by atoms with Crippen molar-refractivity contribution in [2.24, 2.45) is 11.7 Å². The highest BCUT2D eigenvalue weighted by molar-refractivity contribution is 6.31. The molecule has 5 heteroatoms. The lowest BCUT2D eigenvalue weighted by molar-refractivity contribution is 0.0950. The van der Waals surface area contributed by atoms with Crippen molar-refractivity contribution in [2.45, 2.75) is 25.8 Å². The predicted molar refractivity (Wildman–Crippen MR) is 76.5 cm³/mol. The molecule has 0 radical (unpaired) electrons. The van der Waals surface area contributed by atoms with Crippen LogP contribution < -0.4 is 11.1 Å². The molecule has 1 aliphatic carbocycles. The Labute approximate surface area is 118 Å². The summed E-state index contributed by atoms with van der Waals surface area (Å²) >= 11 is 5.91. The van der Waals surface area contributed by atoms with Crippen LogP contribution in [0.5, 0.6) is 0 Å². The summed E-state index contributed by atoms with van der Waals surface area (Å²) in [6.07, 6.45) is 2.38. The van der Waals surface area contributed by atoms with E-state index in [-0.39, 0.29) is 24.4 Å². The van der Waals surface area contributed by atoms with Crippen LogP contribution in [-0.4, -0.2) is 18.5 Å². The maximum Gasteiger partial charge on any atom is 0.251 e. The van der Waals surface area contributed by atoms with Crippen molar-refractivity contribution in [2.75, 3.05) is 6.54 Å². The molecular weight excluding hydrogens is 271 g/mol. The number of amides is 1. The second-order valence-corrected chi connectivity index (χ2v) is 5.08. The van der Waals surface area contributed by atoms with E-state index in [4.69, 9.17) is 17.3 Å². The van der Waals surface area contributed by atoms with Gasteiger partial charge in [-0.05, 0) is 49.4 Å². The van der Waals surface area contributed by atoms with E-state index in [1.165, 1.54) is 12.8 Å². The third-order valence-corrected chi connectivity index (χ3v) is 3.57. The smallest absolute Gasteiger partial charge is 0.251 e. The standard InChI is InChI=1S/C13H17ClN2O.ClH/c1-8-6-10(4-5-11(8)14)13(17)16-7-12(15)9-2-3-9;/h4-6,9,12H,2-3,7,15H2,1H3,(H,16,17);1H. The summed E-state index contributed by atoms with van der Waals surface area (Å²) < 4.78 is 0. The zero-order valence-electron chi connectivity index (χ0n) is 10.3. The van der Waals surface area contributed by atoms with E-state index in [1.807, 2.05) is 6.92 Å². The summed E-state index contributed by atoms with van der Waals surface area (Å²) in [5, 5.41) is 3.54. The van der Waals surface area contributed by atoms with Gasteiger partial charge in [0.15, 0.2) is 0 Å². The van der Waals surface area contributed by atoms with Crippen molar-refractivity contribution >= 4 is 29.9 Å². The molecule has 0 aliphatic heterocycles. The molecule has 1 aromatic rings. The summed E-state index contributed by atoms with van der Waals surface area (Å²) in [4.78, 5) is 11.8. The fourth-order valence-electron chi connectivity index (χ4n) is 1.79. The third kappa shape index (κ3) is 3.87. The van der Waals surface area contributed by atoms with Gasteiger partial charge < -0.3 is 11.1 Å². The van der Waals surface area contributed by atoms with E-state index in [2.05, 4.69) is 5.32 Å². The van der Waals surface area contributed by atoms with Crippen LogP contribution in [0.15, 0.2) is 18.2 Å². The van der Waals surface area contributed by atoms with E-state index in [9.17, 15) is 4.79 Å². The van der Waals surface area contributed by atoms with E-state index in [0.29, 0.717) is 23.0 Å². The minimum atomic E-state index is -0.0825. The first kappa shape index (κ1) is 15.3. The highest BCUT2D eigenvalue weighted by Gasteiger charge is 2.28. The lowest BCUT2D eigenvalue weighted by Crippen LogP contribution is -2.38. The first-order valence-electron chi connectivity index (χ1n) is 5.88. The van der Waals surface area contributed by atoms with Crippen LogP contribution in [-0.2, 0) is 0 Å². The topological polar surface area (TPSA) is 55.1 Å². The van der Waals surface area contributed by atoms with Crippen LogP contribution >= 0.6 is 24.0 Å². The Kier molecular flexibility index (Phi) is 5.45. The number of nitrogens with two attached hydrogens (primary N) is 1. The van der Waals surface area contributed by atoms with Gasteiger partial charge in [-0.15, -0.1) is 12.4 Å². The number of aryl methyl sites for hydroxylation is 1. The number of hydrogen-bond donors (Lipinski definition) is 2. The van der Waals surface area contributed by atoms with Gasteiger partial charge in [-0.2, -0.15) is 0 Å². The molecular formula is C13H18Cl2N2O. The fraction of sp³-hybridized carbons (Fsp3) is 0.462. The Morgan fingerprint density at radius 2 is 2.22 bits per heavy atom. The number of rotatable bonds is 4. The molecule has 3 N–H and O–H groups in total. The third-order valence-electron chi connectivity index (χ3n) is 3.15. The van der Waals surface area contributed by atoms with E-state index < -0.39 is 0 Å². The van der Waals surface area contributed by atoms with Crippen molar-refractivity contribution in [3.8, 4) is 0 Å². The molecule has 1 atom stereocenters. The summed E-state index contributed by atoms with van der Waals surface area (Å²) in [5.41, 5.74) is 7.47. The van der Waals surface area contributed by atoms with E-state index in [1.54, 1.807) is 18.2 Å². The zero-order valence-corrected chi connectivity index (χ0v) is 11.9. The number of halogens is 2. The number of nitrogens with one attached hydrogen (secondary N) is 1. The molecule has 1 aromatic carbocycles. The van der Waals surface area contributed by atoms with Crippen molar-refractivity contribution in [3.05, 3.63) is 34.3 Å². The fourth-order valence-corrected chi connectivity index (χ4v) is 1.91. The molecule has 0 bridgehead atoms. The van der Waals surface area contributed by atoms with Gasteiger partial charge in [-0.25, -0.2) is 0 Å². The second-order valence-electron chi connectivity index (χ2n) is 4.68. The van der Waals surface area contributed by atoms with Crippen LogP contribution in [0.1, 0.15) is 28.8 Å². The maximum atomic E-state index is 11.8. The number of hydrogen-bond acceptors (Lipinski definition) is 2. The molecule has 0 spiro atoms. The number of carbonyl (C=O) groups is 1. The minimum absolute atomic E-state index is 0. The van der Waals surface area contributed by atoms with Gasteiger partial charge in [-0.1, -0.05) is 11.6 Å². The van der Waals surface area contributed by atoms with Crippen LogP contribution in [0.25, 0.3) is 0 Å². The summed E-state index contributed by atoms with van der Waals surface area (Å²) in [6.45, 7) is 2.43. The quantitative estimate of drug-likeness (QED) is 0.895. The van der Waals surface area contributed by atoms with Crippen molar-refractivity contribution in [1.82, 2.24) is 5.32 Å². The van der Waals surface area contributed by atoms with Crippen molar-refractivity contribution in [1.29, 1.82) is 0 Å². The Bertz CT molecular complexity index is 433. The minimum Gasteiger partial charge on any atom is -0.350 e. The Balaban J connectivity index is 0.00000162. The highest BCUT2D eigenvalue weighted by Crippen LogP contribution is 2.31. The van der Waals surface area contributed by atoms with Crippen LogP contribution in [0.2, 0.25) is 5.02 Å². The van der Waals surface area contributed by atoms with Gasteiger partial charge in [0.25, 0.3) is 5.91 Å². The van der Waals surface area contributed by atoms with Gasteiger partial charge in [0, 0.05) is 23.2 Å². The van der Waals surface area contributed by atoms with E-state index >= 15 is 0 Å². The molecule has 1 fully saturated rings. The normalized spacial score (nSPS) is 15.7. The summed E-state index contributed by atoms with van der Waals surface area (Å²) in [5.74, 6) is 0.517. The number of benzene rings is 1. The van der Waals surface area contributed by atoms with Crippen molar-refractivity contribution in [3.63, 3.8) is 0 Å². The lowest BCUT2D eigenvalue weighted by Gasteiger charge is -2.12. The first-order valence-corrected chi connectivity index (χ1v) is 6.25. The molecule has 18 heavy (non-hydrogen) atoms. The van der Waals surface area contributed by atoms with Gasteiger partial charge in [0.05, 0.1) is 0 Å². The van der Waals surface area contributed by atoms with Gasteiger partial charge in [0.2, 0.25) is 0 Å². The van der Waals surface area contributed by atoms with Gasteiger partial charge >= 0.3 is 0 Å². The lowest BCUT2D eigenvalue weighted by atomic mass is 10.1. The molecule has 1 amide bonds. The predicted octanol–water partition coefficient (Wildman–Crippen LogP) is 2.54. The maximum absolute atomic E-state index is 11.8. The second kappa shape index (κ2) is 6.41. The molecule has 0 saturated heterocycles.